The maximum Gasteiger partial charge on any atom is 0.123 e. The molecule has 0 atom stereocenters. The lowest BCUT2D eigenvalue weighted by Gasteiger charge is -2.34. The molecule has 0 aliphatic rings. The number of benzene rings is 2. The van der Waals surface area contributed by atoms with Gasteiger partial charge < -0.3 is 4.65 Å². The van der Waals surface area contributed by atoms with E-state index in [1.54, 1.807) is 0 Å². The van der Waals surface area contributed by atoms with E-state index in [1.165, 1.54) is 20.5 Å². The molecule has 0 fully saturated rings. The summed E-state index contributed by atoms with van der Waals surface area (Å²) in [5.74, 6) is 0. The number of nitrogens with one attached hydrogen (secondary N) is 1. The van der Waals surface area contributed by atoms with E-state index in [2.05, 4.69) is 91.5 Å². The molecule has 2 aromatic carbocycles. The number of rotatable bonds is 8. The topological polar surface area (TPSA) is 12.0 Å². The minimum Gasteiger partial charge on any atom is -0.358 e. The molecule has 0 spiro atoms. The van der Waals surface area contributed by atoms with Gasteiger partial charge in [0.05, 0.1) is 0 Å². The summed E-state index contributed by atoms with van der Waals surface area (Å²) in [4.78, 5) is 2.76. The molecule has 0 amide bonds. The second-order valence-corrected chi connectivity index (χ2v) is 19.5. The highest BCUT2D eigenvalue weighted by Gasteiger charge is 2.31. The molecule has 0 saturated carbocycles. The van der Waals surface area contributed by atoms with Crippen LogP contribution in [0.25, 0.3) is 0 Å². The Morgan fingerprint density at radius 2 is 1.00 bits per heavy atom. The predicted octanol–water partition coefficient (Wildman–Crippen LogP) is 5.65. The molecular weight excluding hydrogens is 351 g/mol. The summed E-state index contributed by atoms with van der Waals surface area (Å²) >= 11 is 3.99. The van der Waals surface area contributed by atoms with Gasteiger partial charge in [-0.15, -0.1) is 23.5 Å². The Hall–Kier alpha value is -0.466. The second kappa shape index (κ2) is 8.58. The molecule has 124 valence electrons. The van der Waals surface area contributed by atoms with Gasteiger partial charge in [0.15, 0.2) is 0 Å². The van der Waals surface area contributed by atoms with Crippen LogP contribution >= 0.6 is 23.5 Å². The van der Waals surface area contributed by atoms with Crippen LogP contribution in [0.5, 0.6) is 0 Å². The summed E-state index contributed by atoms with van der Waals surface area (Å²) in [6, 6.07) is 21.5. The van der Waals surface area contributed by atoms with Crippen molar-refractivity contribution in [1.82, 2.24) is 4.65 Å². The van der Waals surface area contributed by atoms with Crippen LogP contribution in [0.3, 0.4) is 0 Å². The van der Waals surface area contributed by atoms with Crippen molar-refractivity contribution in [3.8, 4) is 0 Å². The average molecular weight is 378 g/mol. The molecular formula is C18H27NS2Si2. The molecule has 5 heteroatoms. The molecule has 0 aromatic heterocycles. The van der Waals surface area contributed by atoms with Gasteiger partial charge in [0.2, 0.25) is 0 Å². The number of hydrogen-bond acceptors (Lipinski definition) is 3. The molecule has 2 rings (SSSR count). The lowest BCUT2D eigenvalue weighted by atomic mass is 10.4. The zero-order valence-corrected chi connectivity index (χ0v) is 18.1. The first kappa shape index (κ1) is 18.9. The van der Waals surface area contributed by atoms with Gasteiger partial charge in [0.1, 0.15) is 16.5 Å². The van der Waals surface area contributed by atoms with Crippen molar-refractivity contribution in [2.75, 3.05) is 10.8 Å². The monoisotopic (exact) mass is 377 g/mol. The predicted molar refractivity (Wildman–Crippen MR) is 112 cm³/mol. The van der Waals surface area contributed by atoms with Crippen molar-refractivity contribution >= 4 is 40.0 Å². The summed E-state index contributed by atoms with van der Waals surface area (Å²) in [5.41, 5.74) is 0. The lowest BCUT2D eigenvalue weighted by Crippen LogP contribution is -2.62. The van der Waals surface area contributed by atoms with E-state index in [0.29, 0.717) is 0 Å². The summed E-state index contributed by atoms with van der Waals surface area (Å²) < 4.78 is 4.11. The van der Waals surface area contributed by atoms with Crippen molar-refractivity contribution in [1.29, 1.82) is 0 Å². The van der Waals surface area contributed by atoms with Crippen LogP contribution in [-0.4, -0.2) is 27.2 Å². The Kier molecular flexibility index (Phi) is 7.04. The molecule has 0 unspecified atom stereocenters. The first-order valence-corrected chi connectivity index (χ1v) is 16.4. The molecule has 0 aliphatic heterocycles. The highest BCUT2D eigenvalue weighted by atomic mass is 32.2. The summed E-state index contributed by atoms with van der Waals surface area (Å²) in [6.45, 7) is 9.85. The SMILES string of the molecule is C[Si](C)(CSc1ccccc1)N[Si](C)(C)CSc1ccccc1. The summed E-state index contributed by atoms with van der Waals surface area (Å²) in [5, 5.41) is 2.45. The fourth-order valence-corrected chi connectivity index (χ4v) is 16.7. The maximum absolute atomic E-state index is 4.11. The lowest BCUT2D eigenvalue weighted by molar-refractivity contribution is 1.29. The van der Waals surface area contributed by atoms with E-state index in [0.717, 1.165) is 0 Å². The van der Waals surface area contributed by atoms with E-state index < -0.39 is 16.5 Å². The van der Waals surface area contributed by atoms with E-state index in [1.807, 2.05) is 23.5 Å². The van der Waals surface area contributed by atoms with Crippen LogP contribution in [0.1, 0.15) is 0 Å². The van der Waals surface area contributed by atoms with Gasteiger partial charge >= 0.3 is 0 Å². The minimum absolute atomic E-state index is 1.23. The summed E-state index contributed by atoms with van der Waals surface area (Å²) in [7, 11) is -2.80. The van der Waals surface area contributed by atoms with Gasteiger partial charge in [-0.05, 0) is 24.3 Å². The Morgan fingerprint density at radius 1 is 0.652 bits per heavy atom. The van der Waals surface area contributed by atoms with Gasteiger partial charge in [-0.2, -0.15) is 0 Å². The van der Waals surface area contributed by atoms with Gasteiger partial charge in [0, 0.05) is 20.5 Å². The zero-order chi connectivity index (χ0) is 16.8. The molecule has 1 nitrogen and oxygen atoms in total. The summed E-state index contributed by atoms with van der Waals surface area (Å²) in [6.07, 6.45) is 0. The van der Waals surface area contributed by atoms with Crippen LogP contribution < -0.4 is 4.65 Å². The fourth-order valence-electron chi connectivity index (χ4n) is 2.55. The molecule has 2 aromatic rings. The van der Waals surface area contributed by atoms with E-state index in [4.69, 9.17) is 0 Å². The van der Waals surface area contributed by atoms with Crippen molar-refractivity contribution in [2.45, 2.75) is 36.0 Å². The Bertz CT molecular complexity index is 535. The second-order valence-electron chi connectivity index (χ2n) is 7.10. The van der Waals surface area contributed by atoms with Crippen molar-refractivity contribution in [3.05, 3.63) is 60.7 Å². The van der Waals surface area contributed by atoms with Crippen LogP contribution in [-0.2, 0) is 0 Å². The van der Waals surface area contributed by atoms with E-state index >= 15 is 0 Å². The number of hydrogen-bond donors (Lipinski definition) is 1. The smallest absolute Gasteiger partial charge is 0.123 e. The van der Waals surface area contributed by atoms with Gasteiger partial charge in [-0.1, -0.05) is 62.6 Å². The Labute approximate surface area is 151 Å². The van der Waals surface area contributed by atoms with Gasteiger partial charge in [-0.3, -0.25) is 0 Å². The van der Waals surface area contributed by atoms with Crippen LogP contribution in [0.2, 0.25) is 26.2 Å². The third-order valence-electron chi connectivity index (χ3n) is 3.36. The highest BCUT2D eigenvalue weighted by Crippen LogP contribution is 2.24. The standard InChI is InChI=1S/C18H27NS2Si2/c1-22(2,15-20-17-11-7-5-8-12-17)19-23(3,4)16-21-18-13-9-6-10-14-18/h5-14,19H,15-16H2,1-4H3. The normalized spacial score (nSPS) is 12.3. The van der Waals surface area contributed by atoms with Crippen LogP contribution in [0, 0.1) is 0 Å². The molecule has 23 heavy (non-hydrogen) atoms. The molecule has 1 N–H and O–H groups in total. The van der Waals surface area contributed by atoms with E-state index in [-0.39, 0.29) is 0 Å². The Balaban J connectivity index is 1.84. The molecule has 0 radical (unpaired) electrons. The van der Waals surface area contributed by atoms with Gasteiger partial charge in [0.25, 0.3) is 0 Å². The van der Waals surface area contributed by atoms with Crippen LogP contribution in [0.15, 0.2) is 70.5 Å². The minimum atomic E-state index is -1.40. The largest absolute Gasteiger partial charge is 0.358 e. The third-order valence-corrected chi connectivity index (χ3v) is 16.9. The first-order chi connectivity index (χ1) is 10.9. The molecule has 0 aliphatic carbocycles. The van der Waals surface area contributed by atoms with Crippen molar-refractivity contribution < 1.29 is 0 Å². The van der Waals surface area contributed by atoms with Gasteiger partial charge in [-0.25, -0.2) is 0 Å². The first-order valence-electron chi connectivity index (χ1n) is 8.01. The number of thioether (sulfide) groups is 2. The average Bonchev–Trinajstić information content (AvgIpc) is 2.52. The third kappa shape index (κ3) is 7.31. The molecule has 0 bridgehead atoms. The fraction of sp³-hybridized carbons (Fsp3) is 0.333. The Morgan fingerprint density at radius 3 is 1.35 bits per heavy atom. The van der Waals surface area contributed by atoms with Crippen molar-refractivity contribution in [3.63, 3.8) is 0 Å². The molecule has 0 heterocycles. The zero-order valence-electron chi connectivity index (χ0n) is 14.5. The highest BCUT2D eigenvalue weighted by molar-refractivity contribution is 8.01. The van der Waals surface area contributed by atoms with Crippen LogP contribution in [0.4, 0.5) is 0 Å². The molecule has 0 saturated heterocycles. The van der Waals surface area contributed by atoms with E-state index in [9.17, 15) is 0 Å². The van der Waals surface area contributed by atoms with Crippen molar-refractivity contribution in [2.24, 2.45) is 0 Å². The quantitative estimate of drug-likeness (QED) is 0.471. The maximum atomic E-state index is 4.11.